The molecule has 2 aromatic rings. The average molecular weight is 269 g/mol. The van der Waals surface area contributed by atoms with Crippen LogP contribution in [-0.4, -0.2) is 26.5 Å². The molecule has 0 saturated carbocycles. The van der Waals surface area contributed by atoms with Gasteiger partial charge in [0.2, 0.25) is 5.91 Å². The minimum absolute atomic E-state index is 0.0665. The molecule has 2 rings (SSSR count). The molecule has 104 valence electrons. The molecule has 2 aromatic carbocycles. The van der Waals surface area contributed by atoms with Crippen LogP contribution in [0.5, 0.6) is 0 Å². The Morgan fingerprint density at radius 2 is 1.65 bits per heavy atom. The van der Waals surface area contributed by atoms with Crippen molar-refractivity contribution in [3.63, 3.8) is 0 Å². The van der Waals surface area contributed by atoms with E-state index in [1.54, 1.807) is 0 Å². The van der Waals surface area contributed by atoms with E-state index in [-0.39, 0.29) is 12.5 Å². The van der Waals surface area contributed by atoms with E-state index in [0.717, 1.165) is 17.1 Å². The number of carbonyl (C=O) groups excluding carboxylic acids is 1. The summed E-state index contributed by atoms with van der Waals surface area (Å²) in [6.45, 7) is 0.242. The van der Waals surface area contributed by atoms with Crippen molar-refractivity contribution in [1.82, 2.24) is 0 Å². The lowest BCUT2D eigenvalue weighted by Crippen LogP contribution is -2.23. The normalized spacial score (nSPS) is 9.90. The van der Waals surface area contributed by atoms with E-state index in [1.165, 1.54) is 0 Å². The molecule has 0 atom stereocenters. The van der Waals surface area contributed by atoms with Crippen molar-refractivity contribution < 1.29 is 4.79 Å². The Kier molecular flexibility index (Phi) is 4.60. The molecule has 2 N–H and O–H groups in total. The number of rotatable bonds is 5. The lowest BCUT2D eigenvalue weighted by Gasteiger charge is -2.17. The minimum Gasteiger partial charge on any atom is -0.376 e. The number of hydrogen-bond donors (Lipinski definition) is 2. The fourth-order valence-corrected chi connectivity index (χ4v) is 1.90. The summed E-state index contributed by atoms with van der Waals surface area (Å²) in [5.41, 5.74) is 2.74. The lowest BCUT2D eigenvalue weighted by molar-refractivity contribution is -0.114. The molecule has 0 fully saturated rings. The second kappa shape index (κ2) is 6.61. The van der Waals surface area contributed by atoms with Crippen LogP contribution in [0.25, 0.3) is 0 Å². The van der Waals surface area contributed by atoms with Crippen molar-refractivity contribution in [3.8, 4) is 0 Å². The van der Waals surface area contributed by atoms with Gasteiger partial charge in [-0.15, -0.1) is 0 Å². The molecule has 0 saturated heterocycles. The molecule has 20 heavy (non-hydrogen) atoms. The zero-order chi connectivity index (χ0) is 14.4. The molecule has 0 bridgehead atoms. The van der Waals surface area contributed by atoms with E-state index in [4.69, 9.17) is 0 Å². The van der Waals surface area contributed by atoms with E-state index in [2.05, 4.69) is 10.6 Å². The minimum atomic E-state index is -0.0665. The summed E-state index contributed by atoms with van der Waals surface area (Å²) in [4.78, 5) is 13.9. The van der Waals surface area contributed by atoms with Gasteiger partial charge in [-0.25, -0.2) is 0 Å². The van der Waals surface area contributed by atoms with Crippen LogP contribution in [-0.2, 0) is 4.79 Å². The average Bonchev–Trinajstić information content (AvgIpc) is 2.46. The molecule has 0 unspecified atom stereocenters. The molecule has 1 amide bonds. The number of anilines is 3. The fourth-order valence-electron chi connectivity index (χ4n) is 1.90. The Balaban J connectivity index is 1.95. The van der Waals surface area contributed by atoms with Gasteiger partial charge >= 0.3 is 0 Å². The van der Waals surface area contributed by atoms with Gasteiger partial charge < -0.3 is 15.5 Å². The summed E-state index contributed by atoms with van der Waals surface area (Å²) >= 11 is 0. The number of carbonyl (C=O) groups is 1. The van der Waals surface area contributed by atoms with E-state index in [0.29, 0.717) is 0 Å². The van der Waals surface area contributed by atoms with Crippen molar-refractivity contribution in [2.24, 2.45) is 0 Å². The first-order valence-electron chi connectivity index (χ1n) is 6.52. The first-order valence-corrected chi connectivity index (χ1v) is 6.52. The smallest absolute Gasteiger partial charge is 0.243 e. The molecule has 0 aliphatic rings. The summed E-state index contributed by atoms with van der Waals surface area (Å²) in [6.07, 6.45) is 0. The van der Waals surface area contributed by atoms with Gasteiger partial charge in [-0.2, -0.15) is 0 Å². The Bertz CT molecular complexity index is 567. The SMILES string of the molecule is CN(C)c1ccccc1NC(=O)CNc1ccccc1. The van der Waals surface area contributed by atoms with Crippen LogP contribution >= 0.6 is 0 Å². The van der Waals surface area contributed by atoms with Gasteiger partial charge in [0.1, 0.15) is 0 Å². The maximum Gasteiger partial charge on any atom is 0.243 e. The predicted octanol–water partition coefficient (Wildman–Crippen LogP) is 2.80. The summed E-state index contributed by atoms with van der Waals surface area (Å²) < 4.78 is 0. The second-order valence-corrected chi connectivity index (χ2v) is 4.68. The van der Waals surface area contributed by atoms with E-state index in [1.807, 2.05) is 73.6 Å². The van der Waals surface area contributed by atoms with Crippen LogP contribution in [0.15, 0.2) is 54.6 Å². The maximum absolute atomic E-state index is 12.0. The zero-order valence-electron chi connectivity index (χ0n) is 11.8. The zero-order valence-corrected chi connectivity index (χ0v) is 11.8. The topological polar surface area (TPSA) is 44.4 Å². The number of nitrogens with zero attached hydrogens (tertiary/aromatic N) is 1. The number of nitrogens with one attached hydrogen (secondary N) is 2. The van der Waals surface area contributed by atoms with Crippen LogP contribution in [0, 0.1) is 0 Å². The number of amides is 1. The van der Waals surface area contributed by atoms with E-state index >= 15 is 0 Å². The van der Waals surface area contributed by atoms with Gasteiger partial charge in [0.25, 0.3) is 0 Å². The summed E-state index contributed by atoms with van der Waals surface area (Å²) in [5, 5.41) is 6.01. The van der Waals surface area contributed by atoms with Gasteiger partial charge in [-0.1, -0.05) is 30.3 Å². The lowest BCUT2D eigenvalue weighted by atomic mass is 10.2. The number of benzene rings is 2. The molecule has 4 nitrogen and oxygen atoms in total. The van der Waals surface area contributed by atoms with Crippen LogP contribution < -0.4 is 15.5 Å². The van der Waals surface area contributed by atoms with Gasteiger partial charge in [0.15, 0.2) is 0 Å². The molecule has 0 heterocycles. The van der Waals surface area contributed by atoms with Crippen LogP contribution in [0.3, 0.4) is 0 Å². The predicted molar refractivity (Wildman–Crippen MR) is 84.3 cm³/mol. The van der Waals surface area contributed by atoms with Crippen molar-refractivity contribution in [2.75, 3.05) is 36.2 Å². The Morgan fingerprint density at radius 3 is 2.35 bits per heavy atom. The quantitative estimate of drug-likeness (QED) is 0.877. The molecule has 0 aliphatic heterocycles. The number of para-hydroxylation sites is 3. The monoisotopic (exact) mass is 269 g/mol. The van der Waals surface area contributed by atoms with Gasteiger partial charge in [-0.05, 0) is 24.3 Å². The first kappa shape index (κ1) is 13.9. The van der Waals surface area contributed by atoms with E-state index < -0.39 is 0 Å². The summed E-state index contributed by atoms with van der Waals surface area (Å²) in [6, 6.07) is 17.4. The molecule has 0 radical (unpaired) electrons. The van der Waals surface area contributed by atoms with Gasteiger partial charge in [0.05, 0.1) is 17.9 Å². The van der Waals surface area contributed by atoms with Crippen LogP contribution in [0.4, 0.5) is 17.1 Å². The maximum atomic E-state index is 12.0. The van der Waals surface area contributed by atoms with Gasteiger partial charge in [0, 0.05) is 19.8 Å². The fraction of sp³-hybridized carbons (Fsp3) is 0.188. The van der Waals surface area contributed by atoms with Crippen molar-refractivity contribution in [1.29, 1.82) is 0 Å². The van der Waals surface area contributed by atoms with Gasteiger partial charge in [-0.3, -0.25) is 4.79 Å². The Hall–Kier alpha value is -2.49. The molecular formula is C16H19N3O. The van der Waals surface area contributed by atoms with Crippen LogP contribution in [0.2, 0.25) is 0 Å². The van der Waals surface area contributed by atoms with Crippen molar-refractivity contribution in [2.45, 2.75) is 0 Å². The molecule has 4 heteroatoms. The Morgan fingerprint density at radius 1 is 1.00 bits per heavy atom. The highest BCUT2D eigenvalue weighted by Crippen LogP contribution is 2.23. The highest BCUT2D eigenvalue weighted by Gasteiger charge is 2.07. The molecule has 0 aromatic heterocycles. The van der Waals surface area contributed by atoms with Crippen molar-refractivity contribution >= 4 is 23.0 Å². The molecular weight excluding hydrogens is 250 g/mol. The standard InChI is InChI=1S/C16H19N3O/c1-19(2)15-11-7-6-10-14(15)18-16(20)12-17-13-8-4-3-5-9-13/h3-11,17H,12H2,1-2H3,(H,18,20). The first-order chi connectivity index (χ1) is 9.66. The van der Waals surface area contributed by atoms with E-state index in [9.17, 15) is 4.79 Å². The molecule has 0 spiro atoms. The third-order valence-electron chi connectivity index (χ3n) is 2.89. The highest BCUT2D eigenvalue weighted by atomic mass is 16.1. The second-order valence-electron chi connectivity index (χ2n) is 4.68. The highest BCUT2D eigenvalue weighted by molar-refractivity contribution is 5.96. The Labute approximate surface area is 119 Å². The summed E-state index contributed by atoms with van der Waals surface area (Å²) in [7, 11) is 3.90. The number of hydrogen-bond acceptors (Lipinski definition) is 3. The van der Waals surface area contributed by atoms with Crippen molar-refractivity contribution in [3.05, 3.63) is 54.6 Å². The summed E-state index contributed by atoms with van der Waals surface area (Å²) in [5.74, 6) is -0.0665. The van der Waals surface area contributed by atoms with Crippen LogP contribution in [0.1, 0.15) is 0 Å². The third kappa shape index (κ3) is 3.75. The largest absolute Gasteiger partial charge is 0.376 e. The molecule has 0 aliphatic carbocycles. The third-order valence-corrected chi connectivity index (χ3v) is 2.89.